The fraction of sp³-hybridized carbons (Fsp3) is 0.350. The van der Waals surface area contributed by atoms with Gasteiger partial charge in [0.2, 0.25) is 0 Å². The van der Waals surface area contributed by atoms with Crippen LogP contribution in [0.3, 0.4) is 0 Å². The van der Waals surface area contributed by atoms with Crippen LogP contribution >= 0.6 is 0 Å². The molecule has 2 aromatic rings. The molecule has 146 valence electrons. The zero-order valence-corrected chi connectivity index (χ0v) is 16.8. The SMILES string of the molecule is CCN(CC)CCNC(=O)c1ccc(S(=O)(=O)Nc2ccccc2C)cc1. The average Bonchev–Trinajstić information content (AvgIpc) is 2.67. The van der Waals surface area contributed by atoms with Crippen molar-refractivity contribution in [3.05, 3.63) is 59.7 Å². The predicted octanol–water partition coefficient (Wildman–Crippen LogP) is 2.87. The highest BCUT2D eigenvalue weighted by Crippen LogP contribution is 2.19. The molecule has 0 unspecified atom stereocenters. The van der Waals surface area contributed by atoms with Crippen molar-refractivity contribution in [2.24, 2.45) is 0 Å². The van der Waals surface area contributed by atoms with Gasteiger partial charge >= 0.3 is 0 Å². The topological polar surface area (TPSA) is 78.5 Å². The highest BCUT2D eigenvalue weighted by Gasteiger charge is 2.16. The molecule has 2 N–H and O–H groups in total. The fourth-order valence-corrected chi connectivity index (χ4v) is 3.78. The molecule has 7 heteroatoms. The van der Waals surface area contributed by atoms with Crippen LogP contribution < -0.4 is 10.0 Å². The monoisotopic (exact) mass is 389 g/mol. The molecule has 2 rings (SSSR count). The summed E-state index contributed by atoms with van der Waals surface area (Å²) in [4.78, 5) is 14.5. The molecule has 2 aromatic carbocycles. The summed E-state index contributed by atoms with van der Waals surface area (Å²) in [6.45, 7) is 9.20. The summed E-state index contributed by atoms with van der Waals surface area (Å²) in [5, 5.41) is 2.86. The molecule has 0 aromatic heterocycles. The Bertz CT molecular complexity index is 860. The molecular weight excluding hydrogens is 362 g/mol. The molecule has 0 bridgehead atoms. The molecule has 0 aliphatic heterocycles. The van der Waals surface area contributed by atoms with Gasteiger partial charge in [-0.05, 0) is 55.9 Å². The fourth-order valence-electron chi connectivity index (χ4n) is 2.65. The third-order valence-electron chi connectivity index (χ3n) is 4.42. The molecule has 0 atom stereocenters. The van der Waals surface area contributed by atoms with Crippen LogP contribution in [0.4, 0.5) is 5.69 Å². The van der Waals surface area contributed by atoms with E-state index in [0.717, 1.165) is 25.2 Å². The lowest BCUT2D eigenvalue weighted by Gasteiger charge is -2.18. The highest BCUT2D eigenvalue weighted by molar-refractivity contribution is 7.92. The molecule has 0 fully saturated rings. The largest absolute Gasteiger partial charge is 0.351 e. The minimum atomic E-state index is -3.70. The van der Waals surface area contributed by atoms with Crippen molar-refractivity contribution in [1.29, 1.82) is 0 Å². The van der Waals surface area contributed by atoms with E-state index in [0.29, 0.717) is 17.8 Å². The van der Waals surface area contributed by atoms with Crippen molar-refractivity contribution in [2.45, 2.75) is 25.7 Å². The van der Waals surface area contributed by atoms with Crippen LogP contribution in [0.1, 0.15) is 29.8 Å². The van der Waals surface area contributed by atoms with E-state index in [1.54, 1.807) is 12.1 Å². The number of likely N-dealkylation sites (N-methyl/N-ethyl adjacent to an activating group) is 1. The maximum atomic E-state index is 12.5. The lowest BCUT2D eigenvalue weighted by atomic mass is 10.2. The molecule has 0 saturated heterocycles. The number of hydrogen-bond donors (Lipinski definition) is 2. The summed E-state index contributed by atoms with van der Waals surface area (Å²) in [6, 6.07) is 13.1. The number of sulfonamides is 1. The van der Waals surface area contributed by atoms with Gasteiger partial charge in [0, 0.05) is 18.7 Å². The van der Waals surface area contributed by atoms with E-state index in [4.69, 9.17) is 0 Å². The van der Waals surface area contributed by atoms with E-state index in [1.165, 1.54) is 24.3 Å². The van der Waals surface area contributed by atoms with Gasteiger partial charge in [-0.3, -0.25) is 9.52 Å². The first kappa shape index (κ1) is 20.9. The first-order valence-corrected chi connectivity index (χ1v) is 10.5. The lowest BCUT2D eigenvalue weighted by Crippen LogP contribution is -2.34. The zero-order valence-electron chi connectivity index (χ0n) is 16.0. The third-order valence-corrected chi connectivity index (χ3v) is 5.81. The summed E-state index contributed by atoms with van der Waals surface area (Å²) in [6.07, 6.45) is 0. The molecule has 27 heavy (non-hydrogen) atoms. The second kappa shape index (κ2) is 9.53. The summed E-state index contributed by atoms with van der Waals surface area (Å²) in [5.74, 6) is -0.210. The van der Waals surface area contributed by atoms with E-state index >= 15 is 0 Å². The molecule has 1 amide bonds. The van der Waals surface area contributed by atoms with Gasteiger partial charge in [0.05, 0.1) is 10.6 Å². The Morgan fingerprint density at radius 1 is 1.00 bits per heavy atom. The zero-order chi connectivity index (χ0) is 19.9. The quantitative estimate of drug-likeness (QED) is 0.691. The Morgan fingerprint density at radius 3 is 2.22 bits per heavy atom. The first-order valence-electron chi connectivity index (χ1n) is 9.06. The van der Waals surface area contributed by atoms with E-state index in [1.807, 2.05) is 19.1 Å². The predicted molar refractivity (Wildman–Crippen MR) is 109 cm³/mol. The molecule has 0 aliphatic carbocycles. The van der Waals surface area contributed by atoms with Crippen LogP contribution in [0.5, 0.6) is 0 Å². The van der Waals surface area contributed by atoms with Crippen molar-refractivity contribution in [2.75, 3.05) is 30.9 Å². The third kappa shape index (κ3) is 5.80. The van der Waals surface area contributed by atoms with Crippen molar-refractivity contribution in [3.63, 3.8) is 0 Å². The number of anilines is 1. The van der Waals surface area contributed by atoms with E-state index < -0.39 is 10.0 Å². The maximum Gasteiger partial charge on any atom is 0.261 e. The molecule has 6 nitrogen and oxygen atoms in total. The van der Waals surface area contributed by atoms with E-state index in [-0.39, 0.29) is 10.8 Å². The second-order valence-electron chi connectivity index (χ2n) is 6.23. The number of benzene rings is 2. The number of amides is 1. The molecule has 0 aliphatic rings. The van der Waals surface area contributed by atoms with Crippen LogP contribution in [-0.4, -0.2) is 45.4 Å². The first-order chi connectivity index (χ1) is 12.9. The van der Waals surface area contributed by atoms with Gasteiger partial charge in [0.1, 0.15) is 0 Å². The van der Waals surface area contributed by atoms with Gasteiger partial charge in [-0.25, -0.2) is 8.42 Å². The van der Waals surface area contributed by atoms with Gasteiger partial charge in [-0.2, -0.15) is 0 Å². The molecular formula is C20H27N3O3S. The number of nitrogens with one attached hydrogen (secondary N) is 2. The van der Waals surface area contributed by atoms with Gasteiger partial charge in [0.15, 0.2) is 0 Å². The summed E-state index contributed by atoms with van der Waals surface area (Å²) < 4.78 is 27.6. The Labute approximate surface area is 161 Å². The Balaban J connectivity index is 2.01. The standard InChI is InChI=1S/C20H27N3O3S/c1-4-23(5-2)15-14-21-20(24)17-10-12-18(13-11-17)27(25,26)22-19-9-7-6-8-16(19)3/h6-13,22H,4-5,14-15H2,1-3H3,(H,21,24). The summed E-state index contributed by atoms with van der Waals surface area (Å²) in [5.41, 5.74) is 1.81. The number of carbonyl (C=O) groups excluding carboxylic acids is 1. The van der Waals surface area contributed by atoms with Crippen molar-refractivity contribution in [3.8, 4) is 0 Å². The Kier molecular flexibility index (Phi) is 7.38. The van der Waals surface area contributed by atoms with Crippen LogP contribution in [0, 0.1) is 6.92 Å². The number of rotatable bonds is 9. The number of carbonyl (C=O) groups is 1. The van der Waals surface area contributed by atoms with E-state index in [9.17, 15) is 13.2 Å². The van der Waals surface area contributed by atoms with Gasteiger partial charge < -0.3 is 10.2 Å². The van der Waals surface area contributed by atoms with Gasteiger partial charge in [0.25, 0.3) is 15.9 Å². The number of nitrogens with zero attached hydrogens (tertiary/aromatic N) is 1. The van der Waals surface area contributed by atoms with Crippen LogP contribution in [0.25, 0.3) is 0 Å². The minimum Gasteiger partial charge on any atom is -0.351 e. The minimum absolute atomic E-state index is 0.116. The van der Waals surface area contributed by atoms with Gasteiger partial charge in [-0.15, -0.1) is 0 Å². The number of aryl methyl sites for hydroxylation is 1. The average molecular weight is 390 g/mol. The normalized spacial score (nSPS) is 11.4. The van der Waals surface area contributed by atoms with Crippen LogP contribution in [0.2, 0.25) is 0 Å². The molecule has 0 spiro atoms. The maximum absolute atomic E-state index is 12.5. The Morgan fingerprint density at radius 2 is 1.63 bits per heavy atom. The van der Waals surface area contributed by atoms with Crippen molar-refractivity contribution in [1.82, 2.24) is 10.2 Å². The smallest absolute Gasteiger partial charge is 0.261 e. The molecule has 0 radical (unpaired) electrons. The highest BCUT2D eigenvalue weighted by atomic mass is 32.2. The van der Waals surface area contributed by atoms with Crippen molar-refractivity contribution < 1.29 is 13.2 Å². The van der Waals surface area contributed by atoms with Gasteiger partial charge in [-0.1, -0.05) is 32.0 Å². The summed E-state index contributed by atoms with van der Waals surface area (Å²) >= 11 is 0. The van der Waals surface area contributed by atoms with Crippen molar-refractivity contribution >= 4 is 21.6 Å². The van der Waals surface area contributed by atoms with E-state index in [2.05, 4.69) is 28.8 Å². The van der Waals surface area contributed by atoms with Crippen LogP contribution in [0.15, 0.2) is 53.4 Å². The number of hydrogen-bond acceptors (Lipinski definition) is 4. The molecule has 0 heterocycles. The Hall–Kier alpha value is -2.38. The lowest BCUT2D eigenvalue weighted by molar-refractivity contribution is 0.0949. The summed E-state index contributed by atoms with van der Waals surface area (Å²) in [7, 11) is -3.70. The van der Waals surface area contributed by atoms with Crippen LogP contribution in [-0.2, 0) is 10.0 Å². The number of para-hydroxylation sites is 1. The second-order valence-corrected chi connectivity index (χ2v) is 7.91. The molecule has 0 saturated carbocycles.